The van der Waals surface area contributed by atoms with Gasteiger partial charge in [0.1, 0.15) is 11.4 Å². The van der Waals surface area contributed by atoms with Gasteiger partial charge in [-0.2, -0.15) is 0 Å². The lowest BCUT2D eigenvalue weighted by atomic mass is 9.77. The summed E-state index contributed by atoms with van der Waals surface area (Å²) in [6.45, 7) is 4.79. The van der Waals surface area contributed by atoms with Crippen LogP contribution in [0, 0.1) is 0 Å². The highest BCUT2D eigenvalue weighted by Crippen LogP contribution is 2.36. The Kier molecular flexibility index (Phi) is 5.73. The standard InChI is InChI=1S/C18H23N3O3/c1-4-18(2,13-7-5-6-8-15(13)24-3)9-10-19-17(23)14-11-21-16(22)12-20-14/h5-8,11-12H,4,9-10H2,1-3H3,(H,19,23)(H,21,22)/t18-/m1/s1. The van der Waals surface area contributed by atoms with Crippen LogP contribution in [0.4, 0.5) is 0 Å². The number of aromatic nitrogens is 2. The molecule has 2 rings (SSSR count). The Morgan fingerprint density at radius 1 is 1.38 bits per heavy atom. The highest BCUT2D eigenvalue weighted by atomic mass is 16.5. The number of ether oxygens (including phenoxy) is 1. The van der Waals surface area contributed by atoms with E-state index in [1.54, 1.807) is 7.11 Å². The SMILES string of the molecule is CC[C@](C)(CCNC(=O)c1c[nH]c(=O)cn1)c1ccccc1OC. The topological polar surface area (TPSA) is 84.1 Å². The first-order valence-electron chi connectivity index (χ1n) is 7.96. The van der Waals surface area contributed by atoms with Crippen molar-refractivity contribution in [2.24, 2.45) is 0 Å². The highest BCUT2D eigenvalue weighted by molar-refractivity contribution is 5.91. The number of methoxy groups -OCH3 is 1. The lowest BCUT2D eigenvalue weighted by Gasteiger charge is -2.30. The molecule has 0 spiro atoms. The van der Waals surface area contributed by atoms with Crippen molar-refractivity contribution in [2.45, 2.75) is 32.1 Å². The fraction of sp³-hybridized carbons (Fsp3) is 0.389. The summed E-state index contributed by atoms with van der Waals surface area (Å²) in [5, 5.41) is 2.85. The fourth-order valence-electron chi connectivity index (χ4n) is 2.65. The molecule has 1 aromatic carbocycles. The minimum absolute atomic E-state index is 0.113. The smallest absolute Gasteiger partial charge is 0.271 e. The second-order valence-electron chi connectivity index (χ2n) is 5.92. The zero-order valence-corrected chi connectivity index (χ0v) is 14.3. The van der Waals surface area contributed by atoms with Crippen LogP contribution in [0.1, 0.15) is 42.7 Å². The molecule has 0 aliphatic rings. The number of rotatable bonds is 7. The molecule has 1 heterocycles. The van der Waals surface area contributed by atoms with Gasteiger partial charge in [-0.15, -0.1) is 0 Å². The maximum Gasteiger partial charge on any atom is 0.271 e. The fourth-order valence-corrected chi connectivity index (χ4v) is 2.65. The van der Waals surface area contributed by atoms with E-state index in [2.05, 4.69) is 35.2 Å². The number of benzene rings is 1. The van der Waals surface area contributed by atoms with Gasteiger partial charge < -0.3 is 15.0 Å². The van der Waals surface area contributed by atoms with Crippen molar-refractivity contribution in [3.63, 3.8) is 0 Å². The summed E-state index contributed by atoms with van der Waals surface area (Å²) in [6.07, 6.45) is 4.09. The van der Waals surface area contributed by atoms with Gasteiger partial charge in [0, 0.05) is 18.3 Å². The van der Waals surface area contributed by atoms with Crippen LogP contribution in [0.3, 0.4) is 0 Å². The molecule has 0 fully saturated rings. The van der Waals surface area contributed by atoms with Crippen LogP contribution >= 0.6 is 0 Å². The summed E-state index contributed by atoms with van der Waals surface area (Å²) in [5.41, 5.74) is 0.885. The molecule has 24 heavy (non-hydrogen) atoms. The Morgan fingerprint density at radius 3 is 2.75 bits per heavy atom. The number of amides is 1. The zero-order chi connectivity index (χ0) is 17.6. The van der Waals surface area contributed by atoms with Crippen LogP contribution in [-0.4, -0.2) is 29.5 Å². The van der Waals surface area contributed by atoms with Crippen LogP contribution in [0.2, 0.25) is 0 Å². The summed E-state index contributed by atoms with van der Waals surface area (Å²) in [4.78, 5) is 29.3. The first-order chi connectivity index (χ1) is 11.5. The average Bonchev–Trinajstić information content (AvgIpc) is 2.62. The summed E-state index contributed by atoms with van der Waals surface area (Å²) >= 11 is 0. The van der Waals surface area contributed by atoms with Crippen molar-refractivity contribution in [1.29, 1.82) is 0 Å². The molecule has 0 bridgehead atoms. The Hall–Kier alpha value is -2.63. The molecule has 0 aliphatic heterocycles. The summed E-state index contributed by atoms with van der Waals surface area (Å²) in [5.74, 6) is 0.556. The number of nitrogens with zero attached hydrogens (tertiary/aromatic N) is 1. The van der Waals surface area contributed by atoms with Crippen molar-refractivity contribution >= 4 is 5.91 Å². The molecule has 2 N–H and O–H groups in total. The number of hydrogen-bond acceptors (Lipinski definition) is 4. The van der Waals surface area contributed by atoms with Crippen LogP contribution in [-0.2, 0) is 5.41 Å². The van der Waals surface area contributed by atoms with E-state index in [1.807, 2.05) is 18.2 Å². The van der Waals surface area contributed by atoms with Gasteiger partial charge in [-0.05, 0) is 24.3 Å². The van der Waals surface area contributed by atoms with Gasteiger partial charge in [0.15, 0.2) is 0 Å². The van der Waals surface area contributed by atoms with Crippen molar-refractivity contribution < 1.29 is 9.53 Å². The third-order valence-corrected chi connectivity index (χ3v) is 4.40. The molecule has 0 saturated carbocycles. The average molecular weight is 329 g/mol. The van der Waals surface area contributed by atoms with E-state index < -0.39 is 0 Å². The first kappa shape index (κ1) is 17.7. The predicted octanol–water partition coefficient (Wildman–Crippen LogP) is 2.27. The van der Waals surface area contributed by atoms with Crippen LogP contribution in [0.15, 0.2) is 41.5 Å². The lowest BCUT2D eigenvalue weighted by molar-refractivity contribution is 0.0945. The van der Waals surface area contributed by atoms with Gasteiger partial charge in [-0.3, -0.25) is 9.59 Å². The molecule has 0 aliphatic carbocycles. The third kappa shape index (κ3) is 4.01. The molecule has 1 atom stereocenters. The Labute approximate surface area is 141 Å². The zero-order valence-electron chi connectivity index (χ0n) is 14.3. The normalized spacial score (nSPS) is 13.1. The van der Waals surface area contributed by atoms with Crippen molar-refractivity contribution in [2.75, 3.05) is 13.7 Å². The molecular weight excluding hydrogens is 306 g/mol. The van der Waals surface area contributed by atoms with E-state index in [4.69, 9.17) is 4.74 Å². The molecule has 0 saturated heterocycles. The molecule has 6 heteroatoms. The second kappa shape index (κ2) is 7.77. The number of aromatic amines is 1. The minimum Gasteiger partial charge on any atom is -0.496 e. The number of carbonyl (C=O) groups is 1. The maximum absolute atomic E-state index is 12.1. The number of H-pyrrole nitrogens is 1. The minimum atomic E-state index is -0.332. The molecule has 0 unspecified atom stereocenters. The van der Waals surface area contributed by atoms with Crippen LogP contribution in [0.5, 0.6) is 5.75 Å². The van der Waals surface area contributed by atoms with Crippen molar-refractivity contribution in [3.05, 3.63) is 58.3 Å². The molecular formula is C18H23N3O3. The number of carbonyl (C=O) groups excluding carboxylic acids is 1. The Bertz CT molecular complexity index is 737. The van der Waals surface area contributed by atoms with Gasteiger partial charge in [0.25, 0.3) is 11.5 Å². The maximum atomic E-state index is 12.1. The van der Waals surface area contributed by atoms with Crippen LogP contribution in [0.25, 0.3) is 0 Å². The number of para-hydroxylation sites is 1. The first-order valence-corrected chi connectivity index (χ1v) is 7.96. The number of hydrogen-bond donors (Lipinski definition) is 2. The van der Waals surface area contributed by atoms with Gasteiger partial charge in [0.2, 0.25) is 0 Å². The molecule has 1 amide bonds. The van der Waals surface area contributed by atoms with E-state index in [1.165, 1.54) is 6.20 Å². The van der Waals surface area contributed by atoms with Crippen LogP contribution < -0.4 is 15.6 Å². The largest absolute Gasteiger partial charge is 0.496 e. The Morgan fingerprint density at radius 2 is 2.12 bits per heavy atom. The van der Waals surface area contributed by atoms with E-state index >= 15 is 0 Å². The number of nitrogens with one attached hydrogen (secondary N) is 2. The summed E-state index contributed by atoms with van der Waals surface area (Å²) in [6, 6.07) is 7.95. The van der Waals surface area contributed by atoms with E-state index in [9.17, 15) is 9.59 Å². The lowest BCUT2D eigenvalue weighted by Crippen LogP contribution is -2.32. The summed E-state index contributed by atoms with van der Waals surface area (Å²) in [7, 11) is 1.67. The van der Waals surface area contributed by atoms with E-state index in [-0.39, 0.29) is 22.6 Å². The quantitative estimate of drug-likeness (QED) is 0.816. The Balaban J connectivity index is 2.04. The highest BCUT2D eigenvalue weighted by Gasteiger charge is 2.27. The van der Waals surface area contributed by atoms with Gasteiger partial charge in [-0.25, -0.2) is 4.98 Å². The third-order valence-electron chi connectivity index (χ3n) is 4.40. The molecule has 0 radical (unpaired) electrons. The second-order valence-corrected chi connectivity index (χ2v) is 5.92. The van der Waals surface area contributed by atoms with Crippen molar-refractivity contribution in [1.82, 2.24) is 15.3 Å². The molecule has 6 nitrogen and oxygen atoms in total. The molecule has 128 valence electrons. The van der Waals surface area contributed by atoms with Gasteiger partial charge >= 0.3 is 0 Å². The summed E-state index contributed by atoms with van der Waals surface area (Å²) < 4.78 is 5.47. The van der Waals surface area contributed by atoms with Crippen molar-refractivity contribution in [3.8, 4) is 5.75 Å². The monoisotopic (exact) mass is 329 g/mol. The van der Waals surface area contributed by atoms with Gasteiger partial charge in [-0.1, -0.05) is 32.0 Å². The van der Waals surface area contributed by atoms with Gasteiger partial charge in [0.05, 0.1) is 13.3 Å². The predicted molar refractivity (Wildman–Crippen MR) is 92.4 cm³/mol. The van der Waals surface area contributed by atoms with E-state index in [0.29, 0.717) is 6.54 Å². The molecule has 1 aromatic heterocycles. The molecule has 2 aromatic rings. The van der Waals surface area contributed by atoms with E-state index in [0.717, 1.165) is 30.4 Å².